The molecule has 1 aromatic carbocycles. The number of hydrogen-bond acceptors (Lipinski definition) is 3. The summed E-state index contributed by atoms with van der Waals surface area (Å²) in [6, 6.07) is 12.4. The van der Waals surface area contributed by atoms with Crippen molar-refractivity contribution >= 4 is 17.3 Å². The molecule has 0 saturated carbocycles. The molecular formula is C15H17N3. The number of fused-ring (bicyclic) bond motifs is 1. The van der Waals surface area contributed by atoms with Gasteiger partial charge in [-0.3, -0.25) is 0 Å². The molecule has 0 radical (unpaired) electrons. The number of hydrogen-bond donors (Lipinski definition) is 1. The molecule has 1 aliphatic heterocycles. The molecule has 1 aromatic heterocycles. The summed E-state index contributed by atoms with van der Waals surface area (Å²) in [5.74, 6) is 1.52. The molecule has 0 spiro atoms. The predicted octanol–water partition coefficient (Wildman–Crippen LogP) is 3.06. The van der Waals surface area contributed by atoms with Crippen LogP contribution in [0.1, 0.15) is 17.5 Å². The average molecular weight is 239 g/mol. The summed E-state index contributed by atoms with van der Waals surface area (Å²) in [4.78, 5) is 6.68. The summed E-state index contributed by atoms with van der Waals surface area (Å²) in [6.45, 7) is 3.14. The number of rotatable bonds is 1. The van der Waals surface area contributed by atoms with E-state index in [4.69, 9.17) is 5.73 Å². The molecule has 1 aliphatic rings. The Labute approximate surface area is 107 Å². The molecule has 3 nitrogen and oxygen atoms in total. The van der Waals surface area contributed by atoms with Gasteiger partial charge in [0.1, 0.15) is 11.6 Å². The van der Waals surface area contributed by atoms with Crippen molar-refractivity contribution in [2.24, 2.45) is 0 Å². The Bertz CT molecular complexity index is 578. The molecule has 3 heteroatoms. The minimum absolute atomic E-state index is 0.576. The van der Waals surface area contributed by atoms with Gasteiger partial charge in [0.2, 0.25) is 0 Å². The number of benzene rings is 1. The Balaban J connectivity index is 2.06. The van der Waals surface area contributed by atoms with Gasteiger partial charge in [-0.05, 0) is 43.5 Å². The van der Waals surface area contributed by atoms with Crippen LogP contribution in [0.2, 0.25) is 0 Å². The fourth-order valence-electron chi connectivity index (χ4n) is 2.55. The Morgan fingerprint density at radius 1 is 1.22 bits per heavy atom. The minimum Gasteiger partial charge on any atom is -0.384 e. The van der Waals surface area contributed by atoms with Crippen LogP contribution in [-0.2, 0) is 6.42 Å². The zero-order chi connectivity index (χ0) is 12.5. The largest absolute Gasteiger partial charge is 0.384 e. The third-order valence-corrected chi connectivity index (χ3v) is 3.39. The number of nitrogen functional groups attached to an aromatic ring is 1. The topological polar surface area (TPSA) is 42.1 Å². The fraction of sp³-hybridized carbons (Fsp3) is 0.267. The van der Waals surface area contributed by atoms with Crippen molar-refractivity contribution in [3.8, 4) is 0 Å². The lowest BCUT2D eigenvalue weighted by Gasteiger charge is -2.30. The summed E-state index contributed by atoms with van der Waals surface area (Å²) >= 11 is 0. The van der Waals surface area contributed by atoms with Crippen molar-refractivity contribution in [2.75, 3.05) is 17.2 Å². The van der Waals surface area contributed by atoms with Gasteiger partial charge in [-0.15, -0.1) is 0 Å². The first kappa shape index (κ1) is 11.1. The molecule has 0 fully saturated rings. The lowest BCUT2D eigenvalue weighted by Crippen LogP contribution is -2.25. The van der Waals surface area contributed by atoms with Gasteiger partial charge in [0.25, 0.3) is 0 Å². The summed E-state index contributed by atoms with van der Waals surface area (Å²) in [6.07, 6.45) is 2.31. The van der Waals surface area contributed by atoms with Crippen molar-refractivity contribution in [1.29, 1.82) is 0 Å². The fourth-order valence-corrected chi connectivity index (χ4v) is 2.55. The first-order valence-electron chi connectivity index (χ1n) is 6.33. The SMILES string of the molecule is Cc1ccc2c(c1)CCCN2c1cccc(N)n1. The molecule has 92 valence electrons. The molecule has 0 unspecified atom stereocenters. The highest BCUT2D eigenvalue weighted by molar-refractivity contribution is 5.66. The van der Waals surface area contributed by atoms with Crippen molar-refractivity contribution in [3.63, 3.8) is 0 Å². The van der Waals surface area contributed by atoms with E-state index in [2.05, 4.69) is 35.0 Å². The van der Waals surface area contributed by atoms with Crippen molar-refractivity contribution in [2.45, 2.75) is 19.8 Å². The van der Waals surface area contributed by atoms with E-state index < -0.39 is 0 Å². The Morgan fingerprint density at radius 3 is 2.94 bits per heavy atom. The van der Waals surface area contributed by atoms with Crippen molar-refractivity contribution < 1.29 is 0 Å². The normalized spacial score (nSPS) is 14.4. The maximum Gasteiger partial charge on any atom is 0.135 e. The first-order valence-corrected chi connectivity index (χ1v) is 6.33. The van der Waals surface area contributed by atoms with Gasteiger partial charge in [-0.25, -0.2) is 4.98 Å². The highest BCUT2D eigenvalue weighted by atomic mass is 15.2. The van der Waals surface area contributed by atoms with Crippen molar-refractivity contribution in [1.82, 2.24) is 4.98 Å². The van der Waals surface area contributed by atoms with Crippen LogP contribution in [0.15, 0.2) is 36.4 Å². The summed E-state index contributed by atoms with van der Waals surface area (Å²) in [7, 11) is 0. The van der Waals surface area contributed by atoms with Gasteiger partial charge in [-0.1, -0.05) is 23.8 Å². The van der Waals surface area contributed by atoms with Crippen LogP contribution >= 0.6 is 0 Å². The molecule has 0 bridgehead atoms. The molecule has 0 atom stereocenters. The Morgan fingerprint density at radius 2 is 2.11 bits per heavy atom. The highest BCUT2D eigenvalue weighted by Gasteiger charge is 2.18. The second kappa shape index (κ2) is 4.33. The van der Waals surface area contributed by atoms with Gasteiger partial charge in [0.05, 0.1) is 0 Å². The smallest absolute Gasteiger partial charge is 0.135 e. The lowest BCUT2D eigenvalue weighted by atomic mass is 9.99. The molecular weight excluding hydrogens is 222 g/mol. The maximum absolute atomic E-state index is 5.77. The second-order valence-corrected chi connectivity index (χ2v) is 4.81. The van der Waals surface area contributed by atoms with E-state index >= 15 is 0 Å². The molecule has 0 aliphatic carbocycles. The van der Waals surface area contributed by atoms with Crippen LogP contribution < -0.4 is 10.6 Å². The van der Waals surface area contributed by atoms with Crippen LogP contribution in [0.4, 0.5) is 17.3 Å². The van der Waals surface area contributed by atoms with E-state index in [1.165, 1.54) is 16.8 Å². The third-order valence-electron chi connectivity index (χ3n) is 3.39. The summed E-state index contributed by atoms with van der Waals surface area (Å²) in [5.41, 5.74) is 9.76. The van der Waals surface area contributed by atoms with E-state index in [1.807, 2.05) is 18.2 Å². The Kier molecular flexibility index (Phi) is 2.67. The quantitative estimate of drug-likeness (QED) is 0.831. The zero-order valence-corrected chi connectivity index (χ0v) is 10.6. The molecule has 0 amide bonds. The van der Waals surface area contributed by atoms with Crippen LogP contribution in [0.3, 0.4) is 0 Å². The second-order valence-electron chi connectivity index (χ2n) is 4.81. The van der Waals surface area contributed by atoms with Crippen LogP contribution in [0, 0.1) is 6.92 Å². The minimum atomic E-state index is 0.576. The number of aryl methyl sites for hydroxylation is 2. The molecule has 3 rings (SSSR count). The maximum atomic E-state index is 5.77. The molecule has 2 aromatic rings. The summed E-state index contributed by atoms with van der Waals surface area (Å²) < 4.78 is 0. The van der Waals surface area contributed by atoms with E-state index in [0.717, 1.165) is 25.2 Å². The van der Waals surface area contributed by atoms with Gasteiger partial charge >= 0.3 is 0 Å². The lowest BCUT2D eigenvalue weighted by molar-refractivity contribution is 0.759. The summed E-state index contributed by atoms with van der Waals surface area (Å²) in [5, 5.41) is 0. The molecule has 2 N–H and O–H groups in total. The van der Waals surface area contributed by atoms with E-state index in [-0.39, 0.29) is 0 Å². The molecule has 0 saturated heterocycles. The molecule has 18 heavy (non-hydrogen) atoms. The van der Waals surface area contributed by atoms with Gasteiger partial charge in [0.15, 0.2) is 0 Å². The van der Waals surface area contributed by atoms with E-state index in [9.17, 15) is 0 Å². The number of nitrogens with two attached hydrogens (primary N) is 1. The first-order chi connectivity index (χ1) is 8.74. The van der Waals surface area contributed by atoms with Crippen LogP contribution in [0.25, 0.3) is 0 Å². The highest BCUT2D eigenvalue weighted by Crippen LogP contribution is 2.33. The zero-order valence-electron chi connectivity index (χ0n) is 10.6. The number of pyridine rings is 1. The van der Waals surface area contributed by atoms with Gasteiger partial charge < -0.3 is 10.6 Å². The van der Waals surface area contributed by atoms with E-state index in [0.29, 0.717) is 5.82 Å². The monoisotopic (exact) mass is 239 g/mol. The third kappa shape index (κ3) is 1.92. The van der Waals surface area contributed by atoms with Crippen LogP contribution in [0.5, 0.6) is 0 Å². The van der Waals surface area contributed by atoms with Gasteiger partial charge in [-0.2, -0.15) is 0 Å². The van der Waals surface area contributed by atoms with Crippen LogP contribution in [-0.4, -0.2) is 11.5 Å². The average Bonchev–Trinajstić information content (AvgIpc) is 2.37. The van der Waals surface area contributed by atoms with Crippen molar-refractivity contribution in [3.05, 3.63) is 47.5 Å². The number of nitrogens with zero attached hydrogens (tertiary/aromatic N) is 2. The molecule has 2 heterocycles. The predicted molar refractivity (Wildman–Crippen MR) is 75.2 cm³/mol. The Hall–Kier alpha value is -2.03. The standard InChI is InChI=1S/C15H17N3/c1-11-7-8-13-12(10-11)4-3-9-18(13)15-6-2-5-14(16)17-15/h2,5-8,10H,3-4,9H2,1H3,(H2,16,17). The number of anilines is 3. The number of aromatic nitrogens is 1. The van der Waals surface area contributed by atoms with E-state index in [1.54, 1.807) is 0 Å². The van der Waals surface area contributed by atoms with Gasteiger partial charge in [0, 0.05) is 12.2 Å².